The van der Waals surface area contributed by atoms with Crippen LogP contribution in [0, 0.1) is 6.92 Å². The maximum atomic E-state index is 12.4. The Labute approximate surface area is 131 Å². The lowest BCUT2D eigenvalue weighted by Gasteiger charge is -2.38. The van der Waals surface area contributed by atoms with Crippen molar-refractivity contribution in [3.8, 4) is 5.75 Å². The van der Waals surface area contributed by atoms with Gasteiger partial charge in [0.2, 0.25) is 0 Å². The molecule has 1 amide bonds. The third-order valence-corrected chi connectivity index (χ3v) is 4.46. The van der Waals surface area contributed by atoms with Crippen LogP contribution in [0.5, 0.6) is 5.75 Å². The molecule has 0 saturated carbocycles. The predicted octanol–water partition coefficient (Wildman–Crippen LogP) is 2.76. The average molecular weight is 311 g/mol. The van der Waals surface area contributed by atoms with Gasteiger partial charge in [-0.25, -0.2) is 0 Å². The highest BCUT2D eigenvalue weighted by molar-refractivity contribution is 6.31. The Morgan fingerprint density at radius 1 is 1.52 bits per heavy atom. The molecule has 0 aliphatic carbocycles. The van der Waals surface area contributed by atoms with E-state index in [1.165, 1.54) is 0 Å². The topological polar surface area (TPSA) is 55.6 Å². The van der Waals surface area contributed by atoms with Crippen molar-refractivity contribution in [1.29, 1.82) is 0 Å². The zero-order chi connectivity index (χ0) is 15.4. The number of ether oxygens (including phenoxy) is 1. The first-order chi connectivity index (χ1) is 10.0. The number of hydrogen-bond donors (Lipinski definition) is 1. The van der Waals surface area contributed by atoms with Crippen molar-refractivity contribution in [3.63, 3.8) is 0 Å². The fourth-order valence-electron chi connectivity index (χ4n) is 2.78. The molecule has 1 aliphatic heterocycles. The monoisotopic (exact) mass is 310 g/mol. The summed E-state index contributed by atoms with van der Waals surface area (Å²) in [5, 5.41) is 0.645. The molecule has 21 heavy (non-hydrogen) atoms. The van der Waals surface area contributed by atoms with Crippen molar-refractivity contribution in [3.05, 3.63) is 28.8 Å². The van der Waals surface area contributed by atoms with Gasteiger partial charge in [-0.3, -0.25) is 4.79 Å². The average Bonchev–Trinajstić information content (AvgIpc) is 2.48. The molecule has 0 spiro atoms. The van der Waals surface area contributed by atoms with Crippen molar-refractivity contribution >= 4 is 17.5 Å². The summed E-state index contributed by atoms with van der Waals surface area (Å²) < 4.78 is 5.64. The van der Waals surface area contributed by atoms with Crippen LogP contribution in [0.15, 0.2) is 18.2 Å². The van der Waals surface area contributed by atoms with E-state index in [4.69, 9.17) is 22.1 Å². The first-order valence-electron chi connectivity index (χ1n) is 7.43. The summed E-state index contributed by atoms with van der Waals surface area (Å²) in [5.41, 5.74) is 6.85. The quantitative estimate of drug-likeness (QED) is 0.930. The van der Waals surface area contributed by atoms with Crippen LogP contribution < -0.4 is 10.5 Å². The minimum atomic E-state index is -0.0119. The molecule has 0 bridgehead atoms. The molecule has 4 nitrogen and oxygen atoms in total. The number of rotatable bonds is 4. The van der Waals surface area contributed by atoms with Crippen LogP contribution in [0.25, 0.3) is 0 Å². The number of hydrogen-bond acceptors (Lipinski definition) is 3. The summed E-state index contributed by atoms with van der Waals surface area (Å²) in [7, 11) is 0. The van der Waals surface area contributed by atoms with E-state index >= 15 is 0 Å². The Morgan fingerprint density at radius 2 is 2.29 bits per heavy atom. The number of carbonyl (C=O) groups excluding carboxylic acids is 1. The lowest BCUT2D eigenvalue weighted by Crippen LogP contribution is -2.52. The Morgan fingerprint density at radius 3 is 3.00 bits per heavy atom. The molecule has 2 N–H and O–H groups in total. The van der Waals surface area contributed by atoms with Gasteiger partial charge in [-0.05, 0) is 45.2 Å². The SMILES string of the molecule is Cc1c(Cl)cccc1OCC(=O)N1CCCCC1C(C)N. The molecular weight excluding hydrogens is 288 g/mol. The highest BCUT2D eigenvalue weighted by atomic mass is 35.5. The van der Waals surface area contributed by atoms with Crippen molar-refractivity contribution in [2.75, 3.05) is 13.2 Å². The normalized spacial score (nSPS) is 20.2. The Balaban J connectivity index is 1.99. The van der Waals surface area contributed by atoms with Crippen molar-refractivity contribution in [2.24, 2.45) is 5.73 Å². The molecule has 1 fully saturated rings. The summed E-state index contributed by atoms with van der Waals surface area (Å²) in [4.78, 5) is 14.3. The van der Waals surface area contributed by atoms with Gasteiger partial charge in [-0.2, -0.15) is 0 Å². The lowest BCUT2D eigenvalue weighted by atomic mass is 9.97. The highest BCUT2D eigenvalue weighted by Crippen LogP contribution is 2.25. The smallest absolute Gasteiger partial charge is 0.260 e. The largest absolute Gasteiger partial charge is 0.483 e. The van der Waals surface area contributed by atoms with Crippen LogP contribution in [-0.4, -0.2) is 36.0 Å². The summed E-state index contributed by atoms with van der Waals surface area (Å²) in [6.45, 7) is 4.64. The van der Waals surface area contributed by atoms with Crippen LogP contribution in [-0.2, 0) is 4.79 Å². The van der Waals surface area contributed by atoms with E-state index in [9.17, 15) is 4.79 Å². The molecule has 116 valence electrons. The van der Waals surface area contributed by atoms with Gasteiger partial charge in [-0.1, -0.05) is 17.7 Å². The fraction of sp³-hybridized carbons (Fsp3) is 0.562. The molecule has 0 radical (unpaired) electrons. The van der Waals surface area contributed by atoms with E-state index in [1.54, 1.807) is 0 Å². The van der Waals surface area contributed by atoms with E-state index in [0.29, 0.717) is 10.8 Å². The Bertz CT molecular complexity index is 505. The second kappa shape index (κ2) is 7.14. The summed E-state index contributed by atoms with van der Waals surface area (Å²) in [5.74, 6) is 0.654. The van der Waals surface area contributed by atoms with Gasteiger partial charge in [0.15, 0.2) is 6.61 Å². The van der Waals surface area contributed by atoms with E-state index < -0.39 is 0 Å². The molecule has 2 unspecified atom stereocenters. The highest BCUT2D eigenvalue weighted by Gasteiger charge is 2.29. The number of amides is 1. The second-order valence-electron chi connectivity index (χ2n) is 5.66. The standard InChI is InChI=1S/C16H23ClN2O2/c1-11-13(17)6-5-8-15(11)21-10-16(20)19-9-4-3-7-14(19)12(2)18/h5-6,8,12,14H,3-4,7,9-10,18H2,1-2H3. The van der Waals surface area contributed by atoms with E-state index in [0.717, 1.165) is 31.4 Å². The third kappa shape index (κ3) is 3.89. The number of likely N-dealkylation sites (tertiary alicyclic amines) is 1. The molecule has 2 atom stereocenters. The van der Waals surface area contributed by atoms with Crippen LogP contribution in [0.1, 0.15) is 31.7 Å². The van der Waals surface area contributed by atoms with E-state index in [-0.39, 0.29) is 24.6 Å². The molecule has 2 rings (SSSR count). The lowest BCUT2D eigenvalue weighted by molar-refractivity contribution is -0.137. The van der Waals surface area contributed by atoms with E-state index in [1.807, 2.05) is 36.9 Å². The van der Waals surface area contributed by atoms with Crippen LogP contribution >= 0.6 is 11.6 Å². The molecule has 5 heteroatoms. The molecule has 1 aromatic rings. The summed E-state index contributed by atoms with van der Waals surface area (Å²) in [6, 6.07) is 5.56. The molecule has 0 aromatic heterocycles. The van der Waals surface area contributed by atoms with Crippen LogP contribution in [0.2, 0.25) is 5.02 Å². The molecule has 1 aliphatic rings. The maximum absolute atomic E-state index is 12.4. The number of carbonyl (C=O) groups is 1. The van der Waals surface area contributed by atoms with Gasteiger partial charge in [0, 0.05) is 29.2 Å². The molecule has 1 heterocycles. The van der Waals surface area contributed by atoms with Gasteiger partial charge in [0.05, 0.1) is 0 Å². The predicted molar refractivity (Wildman–Crippen MR) is 84.7 cm³/mol. The van der Waals surface area contributed by atoms with Crippen molar-refractivity contribution in [1.82, 2.24) is 4.90 Å². The number of piperidine rings is 1. The third-order valence-electron chi connectivity index (χ3n) is 4.05. The van der Waals surface area contributed by atoms with Gasteiger partial charge >= 0.3 is 0 Å². The minimum absolute atomic E-state index is 0.00336. The van der Waals surface area contributed by atoms with Crippen molar-refractivity contribution in [2.45, 2.75) is 45.2 Å². The zero-order valence-corrected chi connectivity index (χ0v) is 13.4. The zero-order valence-electron chi connectivity index (χ0n) is 12.6. The number of halogens is 1. The minimum Gasteiger partial charge on any atom is -0.483 e. The van der Waals surface area contributed by atoms with Gasteiger partial charge in [0.1, 0.15) is 5.75 Å². The van der Waals surface area contributed by atoms with Gasteiger partial charge in [-0.15, -0.1) is 0 Å². The fourth-order valence-corrected chi connectivity index (χ4v) is 2.95. The maximum Gasteiger partial charge on any atom is 0.260 e. The number of benzene rings is 1. The van der Waals surface area contributed by atoms with Crippen LogP contribution in [0.3, 0.4) is 0 Å². The molecular formula is C16H23ClN2O2. The van der Waals surface area contributed by atoms with Gasteiger partial charge in [0.25, 0.3) is 5.91 Å². The Hall–Kier alpha value is -1.26. The summed E-state index contributed by atoms with van der Waals surface area (Å²) >= 11 is 6.05. The first-order valence-corrected chi connectivity index (χ1v) is 7.81. The van der Waals surface area contributed by atoms with Crippen molar-refractivity contribution < 1.29 is 9.53 Å². The van der Waals surface area contributed by atoms with Gasteiger partial charge < -0.3 is 15.4 Å². The van der Waals surface area contributed by atoms with E-state index in [2.05, 4.69) is 0 Å². The first kappa shape index (κ1) is 16.1. The Kier molecular flexibility index (Phi) is 5.48. The molecule has 1 saturated heterocycles. The molecule has 1 aromatic carbocycles. The number of nitrogens with two attached hydrogens (primary N) is 1. The second-order valence-corrected chi connectivity index (χ2v) is 6.07. The summed E-state index contributed by atoms with van der Waals surface area (Å²) in [6.07, 6.45) is 3.13. The van der Waals surface area contributed by atoms with Crippen LogP contribution in [0.4, 0.5) is 0 Å². The number of nitrogens with zero attached hydrogens (tertiary/aromatic N) is 1.